The first-order valence-corrected chi connectivity index (χ1v) is 11.2. The van der Waals surface area contributed by atoms with E-state index >= 15 is 0 Å². The summed E-state index contributed by atoms with van der Waals surface area (Å²) >= 11 is 7.54. The highest BCUT2D eigenvalue weighted by Crippen LogP contribution is 2.27. The van der Waals surface area contributed by atoms with Crippen LogP contribution in [0.2, 0.25) is 5.15 Å². The zero-order valence-corrected chi connectivity index (χ0v) is 17.8. The first kappa shape index (κ1) is 20.9. The van der Waals surface area contributed by atoms with Gasteiger partial charge in [-0.15, -0.1) is 0 Å². The molecule has 7 heteroatoms. The number of halogens is 1. The highest BCUT2D eigenvalue weighted by atomic mass is 35.5. The molecule has 0 radical (unpaired) electrons. The van der Waals surface area contributed by atoms with Crippen molar-refractivity contribution in [3.05, 3.63) is 47.1 Å². The second kappa shape index (κ2) is 10.7. The lowest BCUT2D eigenvalue weighted by Crippen LogP contribution is -2.35. The van der Waals surface area contributed by atoms with E-state index in [1.165, 1.54) is 17.3 Å². The van der Waals surface area contributed by atoms with Gasteiger partial charge in [0.25, 0.3) is 0 Å². The lowest BCUT2D eigenvalue weighted by atomic mass is 9.90. The molecular weight excluding hydrogens is 392 g/mol. The van der Waals surface area contributed by atoms with E-state index in [0.717, 1.165) is 44.6 Å². The van der Waals surface area contributed by atoms with Crippen molar-refractivity contribution in [3.8, 4) is 0 Å². The molecule has 28 heavy (non-hydrogen) atoms. The number of carbonyl (C=O) groups excluding carboxylic acids is 1. The number of amides is 1. The SMILES string of the molecule is CCCNC(=O)CSc1nc(Cl)cc(N2CCC(Cc3ccccc3)CC2)n1. The number of aromatic nitrogens is 2. The number of nitrogens with zero attached hydrogens (tertiary/aromatic N) is 3. The van der Waals surface area contributed by atoms with Crippen molar-refractivity contribution < 1.29 is 4.79 Å². The van der Waals surface area contributed by atoms with E-state index in [-0.39, 0.29) is 5.91 Å². The van der Waals surface area contributed by atoms with Gasteiger partial charge in [-0.25, -0.2) is 9.97 Å². The molecule has 0 atom stereocenters. The molecule has 2 aromatic rings. The lowest BCUT2D eigenvalue weighted by Gasteiger charge is -2.33. The lowest BCUT2D eigenvalue weighted by molar-refractivity contribution is -0.118. The third kappa shape index (κ3) is 6.38. The van der Waals surface area contributed by atoms with Gasteiger partial charge in [0.05, 0.1) is 5.75 Å². The molecule has 1 aliphatic rings. The highest BCUT2D eigenvalue weighted by Gasteiger charge is 2.21. The molecule has 1 saturated heterocycles. The van der Waals surface area contributed by atoms with Crippen molar-refractivity contribution in [2.24, 2.45) is 5.92 Å². The molecule has 3 rings (SSSR count). The van der Waals surface area contributed by atoms with Crippen molar-refractivity contribution in [1.82, 2.24) is 15.3 Å². The van der Waals surface area contributed by atoms with Gasteiger partial charge in [-0.2, -0.15) is 0 Å². The average molecular weight is 419 g/mol. The number of hydrogen-bond acceptors (Lipinski definition) is 5. The Hall–Kier alpha value is -1.79. The van der Waals surface area contributed by atoms with E-state index in [9.17, 15) is 4.79 Å². The molecule has 1 aliphatic heterocycles. The maximum atomic E-state index is 11.8. The number of piperidine rings is 1. The van der Waals surface area contributed by atoms with Crippen LogP contribution >= 0.6 is 23.4 Å². The van der Waals surface area contributed by atoms with Crippen LogP contribution in [-0.2, 0) is 11.2 Å². The first-order chi connectivity index (χ1) is 13.6. The van der Waals surface area contributed by atoms with E-state index in [4.69, 9.17) is 11.6 Å². The Morgan fingerprint density at radius 2 is 2.00 bits per heavy atom. The van der Waals surface area contributed by atoms with Gasteiger partial charge in [0.15, 0.2) is 5.16 Å². The van der Waals surface area contributed by atoms with Crippen molar-refractivity contribution in [2.75, 3.05) is 30.3 Å². The Morgan fingerprint density at radius 1 is 1.25 bits per heavy atom. The molecule has 5 nitrogen and oxygen atoms in total. The fraction of sp³-hybridized carbons (Fsp3) is 0.476. The zero-order valence-electron chi connectivity index (χ0n) is 16.2. The van der Waals surface area contributed by atoms with Gasteiger partial charge in [0, 0.05) is 25.7 Å². The maximum absolute atomic E-state index is 11.8. The van der Waals surface area contributed by atoms with Gasteiger partial charge in [0.2, 0.25) is 5.91 Å². The number of benzene rings is 1. The van der Waals surface area contributed by atoms with Gasteiger partial charge in [-0.05, 0) is 37.2 Å². The largest absolute Gasteiger partial charge is 0.356 e. The Kier molecular flexibility index (Phi) is 7.98. The Labute approximate surface area is 176 Å². The molecule has 0 aliphatic carbocycles. The van der Waals surface area contributed by atoms with Crippen LogP contribution in [0.4, 0.5) is 5.82 Å². The summed E-state index contributed by atoms with van der Waals surface area (Å²) < 4.78 is 0. The van der Waals surface area contributed by atoms with E-state index in [0.29, 0.717) is 28.5 Å². The Morgan fingerprint density at radius 3 is 2.71 bits per heavy atom. The summed E-state index contributed by atoms with van der Waals surface area (Å²) in [5.41, 5.74) is 1.41. The fourth-order valence-electron chi connectivity index (χ4n) is 3.37. The summed E-state index contributed by atoms with van der Waals surface area (Å²) in [5, 5.41) is 3.84. The summed E-state index contributed by atoms with van der Waals surface area (Å²) in [5.74, 6) is 1.86. The average Bonchev–Trinajstić information content (AvgIpc) is 2.71. The summed E-state index contributed by atoms with van der Waals surface area (Å²) in [6.45, 7) is 4.65. The molecule has 0 spiro atoms. The zero-order chi connectivity index (χ0) is 19.8. The summed E-state index contributed by atoms with van der Waals surface area (Å²) in [7, 11) is 0. The molecule has 1 aromatic carbocycles. The Balaban J connectivity index is 1.54. The normalized spacial score (nSPS) is 14.9. The molecule has 0 bridgehead atoms. The van der Waals surface area contributed by atoms with E-state index in [1.54, 1.807) is 0 Å². The molecule has 1 aromatic heterocycles. The first-order valence-electron chi connectivity index (χ1n) is 9.87. The number of carbonyl (C=O) groups is 1. The Bertz CT molecular complexity index is 766. The number of thioether (sulfide) groups is 1. The van der Waals surface area contributed by atoms with Crippen LogP contribution in [0.1, 0.15) is 31.7 Å². The number of rotatable bonds is 8. The molecule has 150 valence electrons. The van der Waals surface area contributed by atoms with Crippen molar-refractivity contribution in [1.29, 1.82) is 0 Å². The number of nitrogens with one attached hydrogen (secondary N) is 1. The smallest absolute Gasteiger partial charge is 0.230 e. The third-order valence-electron chi connectivity index (χ3n) is 4.87. The van der Waals surface area contributed by atoms with Crippen LogP contribution in [-0.4, -0.2) is 41.3 Å². The van der Waals surface area contributed by atoms with Crippen LogP contribution in [0.3, 0.4) is 0 Å². The molecule has 1 amide bonds. The maximum Gasteiger partial charge on any atom is 0.230 e. The van der Waals surface area contributed by atoms with E-state index < -0.39 is 0 Å². The van der Waals surface area contributed by atoms with E-state index in [2.05, 4.69) is 50.5 Å². The van der Waals surface area contributed by atoms with Crippen molar-refractivity contribution >= 4 is 35.1 Å². The molecular formula is C21H27ClN4OS. The van der Waals surface area contributed by atoms with Crippen LogP contribution in [0.25, 0.3) is 0 Å². The predicted molar refractivity (Wildman–Crippen MR) is 116 cm³/mol. The summed E-state index contributed by atoms with van der Waals surface area (Å²) in [6.07, 6.45) is 4.33. The highest BCUT2D eigenvalue weighted by molar-refractivity contribution is 7.99. The summed E-state index contributed by atoms with van der Waals surface area (Å²) in [4.78, 5) is 23.0. The molecule has 1 fully saturated rings. The molecule has 0 unspecified atom stereocenters. The van der Waals surface area contributed by atoms with Crippen LogP contribution in [0, 0.1) is 5.92 Å². The van der Waals surface area contributed by atoms with Crippen molar-refractivity contribution in [2.45, 2.75) is 37.8 Å². The minimum atomic E-state index is -0.00120. The summed E-state index contributed by atoms with van der Waals surface area (Å²) in [6, 6.07) is 12.5. The fourth-order valence-corrected chi connectivity index (χ4v) is 4.28. The van der Waals surface area contributed by atoms with Gasteiger partial charge in [-0.1, -0.05) is 60.6 Å². The standard InChI is InChI=1S/C21H27ClN4OS/c1-2-10-23-20(27)15-28-21-24-18(22)14-19(25-21)26-11-8-17(9-12-26)13-16-6-4-3-5-7-16/h3-7,14,17H,2,8-13,15H2,1H3,(H,23,27). The minimum Gasteiger partial charge on any atom is -0.356 e. The van der Waals surface area contributed by atoms with Crippen LogP contribution in [0.15, 0.2) is 41.6 Å². The molecule has 0 saturated carbocycles. The van der Waals surface area contributed by atoms with E-state index in [1.807, 2.05) is 13.0 Å². The minimum absolute atomic E-state index is 0.00120. The number of hydrogen-bond donors (Lipinski definition) is 1. The topological polar surface area (TPSA) is 58.1 Å². The van der Waals surface area contributed by atoms with Crippen molar-refractivity contribution in [3.63, 3.8) is 0 Å². The predicted octanol–water partition coefficient (Wildman–Crippen LogP) is 4.21. The second-order valence-corrected chi connectivity index (χ2v) is 8.42. The quantitative estimate of drug-likeness (QED) is 0.395. The van der Waals surface area contributed by atoms with Crippen LogP contribution < -0.4 is 10.2 Å². The van der Waals surface area contributed by atoms with Crippen LogP contribution in [0.5, 0.6) is 0 Å². The van der Waals surface area contributed by atoms with Gasteiger partial charge >= 0.3 is 0 Å². The molecule has 2 heterocycles. The number of anilines is 1. The monoisotopic (exact) mass is 418 g/mol. The van der Waals surface area contributed by atoms with Gasteiger partial charge < -0.3 is 10.2 Å². The van der Waals surface area contributed by atoms with Gasteiger partial charge in [-0.3, -0.25) is 4.79 Å². The van der Waals surface area contributed by atoms with Gasteiger partial charge in [0.1, 0.15) is 11.0 Å². The molecule has 1 N–H and O–H groups in total. The third-order valence-corrected chi connectivity index (χ3v) is 5.91. The second-order valence-electron chi connectivity index (χ2n) is 7.09.